The van der Waals surface area contributed by atoms with E-state index >= 15 is 0 Å². The fraction of sp³-hybridized carbons (Fsp3) is 1.00. The molecule has 1 atom stereocenters. The van der Waals surface area contributed by atoms with Crippen LogP contribution in [0.15, 0.2) is 0 Å². The lowest BCUT2D eigenvalue weighted by Gasteiger charge is -1.99. The monoisotopic (exact) mass is 114 g/mol. The predicted octanol–water partition coefficient (Wildman–Crippen LogP) is 2.29. The van der Waals surface area contributed by atoms with Gasteiger partial charge in [-0.2, -0.15) is 0 Å². The van der Waals surface area contributed by atoms with E-state index in [9.17, 15) is 4.39 Å². The van der Waals surface area contributed by atoms with E-state index < -0.39 is 6.17 Å². The van der Waals surface area contributed by atoms with Gasteiger partial charge in [0.15, 0.2) is 0 Å². The van der Waals surface area contributed by atoms with Crippen LogP contribution in [0.3, 0.4) is 0 Å². The molecule has 0 aromatic carbocycles. The summed E-state index contributed by atoms with van der Waals surface area (Å²) in [4.78, 5) is 0. The Kier molecular flexibility index (Phi) is 0.750. The fourth-order valence-electron chi connectivity index (χ4n) is 1.89. The van der Waals surface area contributed by atoms with E-state index in [1.54, 1.807) is 0 Å². The second-order valence-corrected chi connectivity index (χ2v) is 3.24. The molecule has 0 radical (unpaired) electrons. The maximum absolute atomic E-state index is 12.5. The van der Waals surface area contributed by atoms with Crippen molar-refractivity contribution in [2.45, 2.75) is 38.3 Å². The molecule has 1 spiro atoms. The highest BCUT2D eigenvalue weighted by atomic mass is 19.1. The van der Waals surface area contributed by atoms with Crippen molar-refractivity contribution in [1.82, 2.24) is 0 Å². The molecule has 0 aromatic heterocycles. The maximum atomic E-state index is 12.5. The third-order valence-corrected chi connectivity index (χ3v) is 2.69. The van der Waals surface area contributed by atoms with Crippen molar-refractivity contribution in [2.75, 3.05) is 0 Å². The van der Waals surface area contributed by atoms with E-state index in [0.29, 0.717) is 0 Å². The van der Waals surface area contributed by atoms with Gasteiger partial charge in [-0.05, 0) is 19.3 Å². The zero-order valence-electron chi connectivity index (χ0n) is 4.99. The molecule has 2 rings (SSSR count). The van der Waals surface area contributed by atoms with E-state index in [1.807, 2.05) is 0 Å². The maximum Gasteiger partial charge on any atom is 0.106 e. The summed E-state index contributed by atoms with van der Waals surface area (Å²) in [5, 5.41) is 0. The zero-order valence-corrected chi connectivity index (χ0v) is 4.99. The first-order valence-electron chi connectivity index (χ1n) is 3.48. The Hall–Kier alpha value is -0.0700. The van der Waals surface area contributed by atoms with Gasteiger partial charge < -0.3 is 0 Å². The molecule has 46 valence electrons. The summed E-state index contributed by atoms with van der Waals surface area (Å²) in [5.74, 6) is 0. The van der Waals surface area contributed by atoms with Gasteiger partial charge in [0.25, 0.3) is 0 Å². The summed E-state index contributed by atoms with van der Waals surface area (Å²) < 4.78 is 12.5. The van der Waals surface area contributed by atoms with Crippen LogP contribution in [0.5, 0.6) is 0 Å². The van der Waals surface area contributed by atoms with Gasteiger partial charge in [-0.1, -0.05) is 12.8 Å². The number of halogens is 1. The van der Waals surface area contributed by atoms with Crippen LogP contribution in [-0.4, -0.2) is 6.17 Å². The molecule has 0 N–H and O–H groups in total. The molecule has 2 aliphatic carbocycles. The molecule has 0 bridgehead atoms. The van der Waals surface area contributed by atoms with Gasteiger partial charge in [0, 0.05) is 5.41 Å². The van der Waals surface area contributed by atoms with E-state index in [0.717, 1.165) is 6.42 Å². The van der Waals surface area contributed by atoms with Gasteiger partial charge in [0.05, 0.1) is 0 Å². The van der Waals surface area contributed by atoms with Crippen LogP contribution in [0.4, 0.5) is 4.39 Å². The standard InChI is InChI=1S/C7H11F/c8-6-5-7(6)3-1-2-4-7/h6H,1-5H2/t6-/m1/s1. The highest BCUT2D eigenvalue weighted by Gasteiger charge is 2.55. The minimum absolute atomic E-state index is 0.236. The number of hydrogen-bond acceptors (Lipinski definition) is 0. The summed E-state index contributed by atoms with van der Waals surface area (Å²) in [6, 6.07) is 0. The van der Waals surface area contributed by atoms with Crippen LogP contribution in [0.1, 0.15) is 32.1 Å². The molecule has 0 amide bonds. The summed E-state index contributed by atoms with van der Waals surface area (Å²) in [6.07, 6.45) is 5.38. The molecule has 0 aliphatic heterocycles. The molecule has 2 fully saturated rings. The van der Waals surface area contributed by atoms with Gasteiger partial charge in [-0.15, -0.1) is 0 Å². The van der Waals surface area contributed by atoms with Crippen molar-refractivity contribution in [3.63, 3.8) is 0 Å². The van der Waals surface area contributed by atoms with Crippen molar-refractivity contribution in [1.29, 1.82) is 0 Å². The Morgan fingerprint density at radius 2 is 1.75 bits per heavy atom. The van der Waals surface area contributed by atoms with Crippen molar-refractivity contribution in [3.8, 4) is 0 Å². The second-order valence-electron chi connectivity index (χ2n) is 3.24. The van der Waals surface area contributed by atoms with Gasteiger partial charge in [-0.3, -0.25) is 0 Å². The molecule has 0 heterocycles. The SMILES string of the molecule is F[C@@H]1CC12CCCC2. The third kappa shape index (κ3) is 0.448. The van der Waals surface area contributed by atoms with E-state index in [2.05, 4.69) is 0 Å². The van der Waals surface area contributed by atoms with Crippen LogP contribution < -0.4 is 0 Å². The summed E-state index contributed by atoms with van der Waals surface area (Å²) >= 11 is 0. The first kappa shape index (κ1) is 4.78. The quantitative estimate of drug-likeness (QED) is 0.453. The van der Waals surface area contributed by atoms with E-state index in [1.165, 1.54) is 25.7 Å². The largest absolute Gasteiger partial charge is 0.247 e. The van der Waals surface area contributed by atoms with Gasteiger partial charge in [-0.25, -0.2) is 4.39 Å². The van der Waals surface area contributed by atoms with Gasteiger partial charge in [0.2, 0.25) is 0 Å². The van der Waals surface area contributed by atoms with Crippen molar-refractivity contribution in [2.24, 2.45) is 5.41 Å². The van der Waals surface area contributed by atoms with Gasteiger partial charge in [0.1, 0.15) is 6.17 Å². The third-order valence-electron chi connectivity index (χ3n) is 2.69. The summed E-state index contributed by atoms with van der Waals surface area (Å²) in [7, 11) is 0. The average molecular weight is 114 g/mol. The smallest absolute Gasteiger partial charge is 0.106 e. The number of rotatable bonds is 0. The average Bonchev–Trinajstić information content (AvgIpc) is 2.29. The molecule has 1 heteroatoms. The Bertz CT molecular complexity index is 103. The van der Waals surface area contributed by atoms with Crippen LogP contribution in [-0.2, 0) is 0 Å². The minimum atomic E-state index is -0.412. The van der Waals surface area contributed by atoms with E-state index in [4.69, 9.17) is 0 Å². The van der Waals surface area contributed by atoms with Crippen LogP contribution in [0.25, 0.3) is 0 Å². The minimum Gasteiger partial charge on any atom is -0.247 e. The molecule has 2 aliphatic rings. The van der Waals surface area contributed by atoms with Crippen LogP contribution in [0.2, 0.25) is 0 Å². The van der Waals surface area contributed by atoms with Crippen LogP contribution >= 0.6 is 0 Å². The zero-order chi connectivity index (χ0) is 5.61. The molecule has 8 heavy (non-hydrogen) atoms. The molecular weight excluding hydrogens is 103 g/mol. The highest BCUT2D eigenvalue weighted by molar-refractivity contribution is 5.05. The Morgan fingerprint density at radius 1 is 1.25 bits per heavy atom. The first-order valence-corrected chi connectivity index (χ1v) is 3.48. The molecule has 0 unspecified atom stereocenters. The van der Waals surface area contributed by atoms with Crippen LogP contribution in [0, 0.1) is 5.41 Å². The lowest BCUT2D eigenvalue weighted by Crippen LogP contribution is -1.94. The Morgan fingerprint density at radius 3 is 2.00 bits per heavy atom. The molecule has 0 nitrogen and oxygen atoms in total. The summed E-state index contributed by atoms with van der Waals surface area (Å²) in [5.41, 5.74) is 0.236. The second kappa shape index (κ2) is 1.26. The fourth-order valence-corrected chi connectivity index (χ4v) is 1.89. The first-order chi connectivity index (χ1) is 3.83. The Balaban J connectivity index is 2.06. The topological polar surface area (TPSA) is 0 Å². The highest BCUT2D eigenvalue weighted by Crippen LogP contribution is 2.59. The lowest BCUT2D eigenvalue weighted by molar-refractivity contribution is 0.363. The summed E-state index contributed by atoms with van der Waals surface area (Å²) in [6.45, 7) is 0. The molecule has 0 saturated heterocycles. The lowest BCUT2D eigenvalue weighted by atomic mass is 10.1. The van der Waals surface area contributed by atoms with E-state index in [-0.39, 0.29) is 5.41 Å². The van der Waals surface area contributed by atoms with Crippen molar-refractivity contribution in [3.05, 3.63) is 0 Å². The molecular formula is C7H11F. The number of hydrogen-bond donors (Lipinski definition) is 0. The molecule has 2 saturated carbocycles. The number of alkyl halides is 1. The van der Waals surface area contributed by atoms with Crippen molar-refractivity contribution < 1.29 is 4.39 Å². The Labute approximate surface area is 49.1 Å². The predicted molar refractivity (Wildman–Crippen MR) is 30.4 cm³/mol. The van der Waals surface area contributed by atoms with Gasteiger partial charge >= 0.3 is 0 Å². The van der Waals surface area contributed by atoms with Crippen molar-refractivity contribution >= 4 is 0 Å². The molecule has 0 aromatic rings. The normalized spacial score (nSPS) is 40.9.